The Morgan fingerprint density at radius 1 is 1.13 bits per heavy atom. The van der Waals surface area contributed by atoms with Gasteiger partial charge in [0.05, 0.1) is 9.85 Å². The van der Waals surface area contributed by atoms with E-state index in [-0.39, 0.29) is 23.4 Å². The molecular formula is C14H17N3O6. The zero-order valence-electron chi connectivity index (χ0n) is 12.4. The Morgan fingerprint density at radius 3 is 2.09 bits per heavy atom. The molecule has 0 spiro atoms. The van der Waals surface area contributed by atoms with Gasteiger partial charge >= 0.3 is 6.09 Å². The topological polar surface area (TPSA) is 139 Å². The predicted octanol–water partition coefficient (Wildman–Crippen LogP) is 2.84. The largest absolute Gasteiger partial charge is 0.443 e. The van der Waals surface area contributed by atoms with Crippen LogP contribution in [0.1, 0.15) is 37.7 Å². The Labute approximate surface area is 131 Å². The minimum atomic E-state index is -1.03. The van der Waals surface area contributed by atoms with Gasteiger partial charge in [0, 0.05) is 18.6 Å². The summed E-state index contributed by atoms with van der Waals surface area (Å²) < 4.78 is 5.25. The number of amides is 1. The molecule has 0 atom stereocenters. The van der Waals surface area contributed by atoms with Gasteiger partial charge in [-0.1, -0.05) is 6.42 Å². The number of carbonyl (C=O) groups excluding carboxylic acids is 1. The average Bonchev–Trinajstić information content (AvgIpc) is 2.46. The first-order valence-electron chi connectivity index (χ1n) is 7.24. The molecule has 1 aliphatic carbocycles. The van der Waals surface area contributed by atoms with Crippen LogP contribution in [-0.2, 0) is 11.2 Å². The molecule has 2 N–H and O–H groups in total. The van der Waals surface area contributed by atoms with Gasteiger partial charge < -0.3 is 10.5 Å². The minimum Gasteiger partial charge on any atom is -0.443 e. The van der Waals surface area contributed by atoms with Gasteiger partial charge in [-0.3, -0.25) is 20.2 Å². The predicted molar refractivity (Wildman–Crippen MR) is 79.9 cm³/mol. The number of nitrogens with two attached hydrogens (primary N) is 1. The van der Waals surface area contributed by atoms with Gasteiger partial charge in [-0.25, -0.2) is 4.79 Å². The van der Waals surface area contributed by atoms with Crippen LogP contribution in [0.3, 0.4) is 0 Å². The lowest BCUT2D eigenvalue weighted by Crippen LogP contribution is -2.41. The molecule has 124 valence electrons. The highest BCUT2D eigenvalue weighted by Gasteiger charge is 2.40. The van der Waals surface area contributed by atoms with Gasteiger partial charge in [-0.05, 0) is 31.7 Å². The van der Waals surface area contributed by atoms with Crippen LogP contribution in [0.4, 0.5) is 16.2 Å². The van der Waals surface area contributed by atoms with Crippen molar-refractivity contribution >= 4 is 17.5 Å². The quantitative estimate of drug-likeness (QED) is 0.653. The van der Waals surface area contributed by atoms with Crippen molar-refractivity contribution in [3.63, 3.8) is 0 Å². The monoisotopic (exact) mass is 323 g/mol. The van der Waals surface area contributed by atoms with Gasteiger partial charge in [0.2, 0.25) is 0 Å². The van der Waals surface area contributed by atoms with Crippen LogP contribution in [0.2, 0.25) is 0 Å². The van der Waals surface area contributed by atoms with Crippen molar-refractivity contribution in [1.82, 2.24) is 0 Å². The number of carbonyl (C=O) groups is 1. The SMILES string of the molecule is NC(=O)OC1(Cc2c([N+](=O)[O-])cccc2[N+](=O)[O-])CCCCC1. The molecule has 1 aromatic carbocycles. The Hall–Kier alpha value is -2.71. The lowest BCUT2D eigenvalue weighted by atomic mass is 9.79. The van der Waals surface area contributed by atoms with E-state index in [4.69, 9.17) is 10.5 Å². The summed E-state index contributed by atoms with van der Waals surface area (Å²) in [6, 6.07) is 3.69. The Balaban J connectivity index is 2.48. The number of nitro groups is 2. The first-order valence-corrected chi connectivity index (χ1v) is 7.24. The van der Waals surface area contributed by atoms with Crippen LogP contribution in [0, 0.1) is 20.2 Å². The number of hydrogen-bond acceptors (Lipinski definition) is 6. The highest BCUT2D eigenvalue weighted by molar-refractivity contribution is 5.65. The number of benzene rings is 1. The molecule has 0 aliphatic heterocycles. The number of ether oxygens (including phenoxy) is 1. The number of nitrogens with zero attached hydrogens (tertiary/aromatic N) is 2. The third-order valence-electron chi connectivity index (χ3n) is 4.10. The van der Waals surface area contributed by atoms with Crippen molar-refractivity contribution in [2.45, 2.75) is 44.1 Å². The number of rotatable bonds is 5. The van der Waals surface area contributed by atoms with Crippen molar-refractivity contribution in [2.24, 2.45) is 5.73 Å². The second kappa shape index (κ2) is 6.59. The van der Waals surface area contributed by atoms with Gasteiger partial charge in [-0.2, -0.15) is 0 Å². The molecule has 0 heterocycles. The smallest absolute Gasteiger partial charge is 0.405 e. The molecule has 1 fully saturated rings. The fourth-order valence-corrected chi connectivity index (χ4v) is 3.13. The van der Waals surface area contributed by atoms with Gasteiger partial charge in [0.1, 0.15) is 11.2 Å². The van der Waals surface area contributed by atoms with Crippen molar-refractivity contribution in [1.29, 1.82) is 0 Å². The molecule has 1 aromatic rings. The van der Waals surface area contributed by atoms with E-state index in [1.54, 1.807) is 0 Å². The molecule has 0 saturated heterocycles. The third kappa shape index (κ3) is 3.74. The van der Waals surface area contributed by atoms with Crippen molar-refractivity contribution < 1.29 is 19.4 Å². The first-order chi connectivity index (χ1) is 10.8. The third-order valence-corrected chi connectivity index (χ3v) is 4.10. The summed E-state index contributed by atoms with van der Waals surface area (Å²) in [4.78, 5) is 32.3. The molecule has 0 aromatic heterocycles. The second-order valence-corrected chi connectivity index (χ2v) is 5.63. The maximum absolute atomic E-state index is 11.2. The van der Waals surface area contributed by atoms with Crippen LogP contribution < -0.4 is 5.73 Å². The summed E-state index contributed by atoms with van der Waals surface area (Å²) in [7, 11) is 0. The zero-order chi connectivity index (χ0) is 17.0. The van der Waals surface area contributed by atoms with Gasteiger partial charge in [-0.15, -0.1) is 0 Å². The van der Waals surface area contributed by atoms with Crippen LogP contribution in [0.15, 0.2) is 18.2 Å². The van der Waals surface area contributed by atoms with E-state index >= 15 is 0 Å². The van der Waals surface area contributed by atoms with Crippen LogP contribution >= 0.6 is 0 Å². The second-order valence-electron chi connectivity index (χ2n) is 5.63. The summed E-state index contributed by atoms with van der Waals surface area (Å²) in [5.74, 6) is 0. The summed E-state index contributed by atoms with van der Waals surface area (Å²) in [5, 5.41) is 22.4. The molecule has 1 aliphatic rings. The average molecular weight is 323 g/mol. The molecule has 0 radical (unpaired) electrons. The Morgan fingerprint density at radius 2 is 1.65 bits per heavy atom. The van der Waals surface area contributed by atoms with E-state index in [0.717, 1.165) is 19.3 Å². The number of nitro benzene ring substituents is 2. The van der Waals surface area contributed by atoms with E-state index in [2.05, 4.69) is 0 Å². The lowest BCUT2D eigenvalue weighted by Gasteiger charge is -2.36. The molecule has 9 nitrogen and oxygen atoms in total. The molecule has 9 heteroatoms. The first kappa shape index (κ1) is 16.7. The van der Waals surface area contributed by atoms with E-state index in [0.29, 0.717) is 12.8 Å². The highest BCUT2D eigenvalue weighted by Crippen LogP contribution is 2.39. The Kier molecular flexibility index (Phi) is 4.77. The van der Waals surface area contributed by atoms with E-state index in [1.807, 2.05) is 0 Å². The lowest BCUT2D eigenvalue weighted by molar-refractivity contribution is -0.395. The summed E-state index contributed by atoms with van der Waals surface area (Å²) in [6.45, 7) is 0. The fourth-order valence-electron chi connectivity index (χ4n) is 3.13. The van der Waals surface area contributed by atoms with Crippen molar-refractivity contribution in [3.8, 4) is 0 Å². The maximum atomic E-state index is 11.2. The number of primary amides is 1. The molecule has 0 bridgehead atoms. The number of hydrogen-bond donors (Lipinski definition) is 1. The highest BCUT2D eigenvalue weighted by atomic mass is 16.6. The maximum Gasteiger partial charge on any atom is 0.405 e. The molecular weight excluding hydrogens is 306 g/mol. The summed E-state index contributed by atoms with van der Waals surface area (Å²) >= 11 is 0. The van der Waals surface area contributed by atoms with Gasteiger partial charge in [0.25, 0.3) is 11.4 Å². The van der Waals surface area contributed by atoms with Crippen LogP contribution in [0.25, 0.3) is 0 Å². The van der Waals surface area contributed by atoms with E-state index in [1.165, 1.54) is 18.2 Å². The Bertz CT molecular complexity index is 607. The standard InChI is InChI=1S/C14H17N3O6/c15-13(18)23-14(7-2-1-3-8-14)9-10-11(16(19)20)5-4-6-12(10)17(21)22/h4-6H,1-3,7-9H2,(H2,15,18). The fraction of sp³-hybridized carbons (Fsp3) is 0.500. The summed E-state index contributed by atoms with van der Waals surface area (Å²) in [6.07, 6.45) is 2.35. The van der Waals surface area contributed by atoms with E-state index < -0.39 is 21.5 Å². The molecule has 23 heavy (non-hydrogen) atoms. The minimum absolute atomic E-state index is 0.0364. The molecule has 0 unspecified atom stereocenters. The van der Waals surface area contributed by atoms with Crippen LogP contribution in [-0.4, -0.2) is 21.5 Å². The summed E-state index contributed by atoms with van der Waals surface area (Å²) in [5.41, 5.74) is 3.37. The molecule has 1 amide bonds. The van der Waals surface area contributed by atoms with E-state index in [9.17, 15) is 25.0 Å². The molecule has 1 saturated carbocycles. The van der Waals surface area contributed by atoms with Crippen molar-refractivity contribution in [3.05, 3.63) is 44.0 Å². The molecule has 2 rings (SSSR count). The van der Waals surface area contributed by atoms with Crippen LogP contribution in [0.5, 0.6) is 0 Å². The van der Waals surface area contributed by atoms with Crippen molar-refractivity contribution in [2.75, 3.05) is 0 Å². The zero-order valence-corrected chi connectivity index (χ0v) is 12.4. The van der Waals surface area contributed by atoms with Gasteiger partial charge in [0.15, 0.2) is 0 Å². The normalized spacial score (nSPS) is 16.5.